The largest absolute Gasteiger partial charge is 0.273 e. The van der Waals surface area contributed by atoms with Crippen molar-refractivity contribution in [3.63, 3.8) is 0 Å². The summed E-state index contributed by atoms with van der Waals surface area (Å²) in [5, 5.41) is 0.802. The summed E-state index contributed by atoms with van der Waals surface area (Å²) in [5.74, 6) is 0. The van der Waals surface area contributed by atoms with Crippen LogP contribution in [0.5, 0.6) is 0 Å². The molecule has 2 aliphatic rings. The fourth-order valence-electron chi connectivity index (χ4n) is 3.93. The zero-order valence-corrected chi connectivity index (χ0v) is 25.0. The van der Waals surface area contributed by atoms with Gasteiger partial charge in [0.15, 0.2) is 0 Å². The van der Waals surface area contributed by atoms with Gasteiger partial charge in [-0.25, -0.2) is 12.2 Å². The molecule has 0 saturated carbocycles. The van der Waals surface area contributed by atoms with E-state index >= 15 is 0 Å². The van der Waals surface area contributed by atoms with Crippen molar-refractivity contribution in [3.8, 4) is 11.1 Å². The van der Waals surface area contributed by atoms with Gasteiger partial charge in [0, 0.05) is 0 Å². The molecule has 0 fully saturated rings. The summed E-state index contributed by atoms with van der Waals surface area (Å²) in [6.45, 7) is 13.6. The summed E-state index contributed by atoms with van der Waals surface area (Å²) < 4.78 is 2.13. The fraction of sp³-hybridized carbons (Fsp3) is 0.303. The van der Waals surface area contributed by atoms with E-state index in [1.54, 1.807) is 0 Å². The van der Waals surface area contributed by atoms with Crippen molar-refractivity contribution in [1.29, 1.82) is 0 Å². The van der Waals surface area contributed by atoms with Gasteiger partial charge in [0.05, 0.1) is 0 Å². The molecule has 2 aliphatic carbocycles. The van der Waals surface area contributed by atoms with E-state index in [1.807, 2.05) is 36.4 Å². The predicted octanol–water partition coefficient (Wildman–Crippen LogP) is 9.00. The monoisotopic (exact) mass is 556 g/mol. The van der Waals surface area contributed by atoms with Gasteiger partial charge in [-0.1, -0.05) is 65.3 Å². The number of rotatable bonds is 1. The smallest absolute Gasteiger partial charge is 0.109 e. The van der Waals surface area contributed by atoms with Gasteiger partial charge in [0.1, 0.15) is 0 Å². The first-order valence-corrected chi connectivity index (χ1v) is 14.0. The van der Waals surface area contributed by atoms with E-state index in [1.165, 1.54) is 63.2 Å². The molecule has 0 aromatic heterocycles. The van der Waals surface area contributed by atoms with E-state index in [0.717, 1.165) is 17.9 Å². The number of hydrogen-bond donors (Lipinski definition) is 0. The van der Waals surface area contributed by atoms with Crippen molar-refractivity contribution in [1.82, 2.24) is 0 Å². The van der Waals surface area contributed by atoms with Crippen molar-refractivity contribution in [2.24, 2.45) is 0 Å². The van der Waals surface area contributed by atoms with E-state index in [4.69, 9.17) is 11.6 Å². The minimum Gasteiger partial charge on any atom is -0.273 e. The Morgan fingerprint density at radius 2 is 1.54 bits per heavy atom. The molecule has 0 amide bonds. The molecule has 0 atom stereocenters. The standard InChI is InChI=1S/C21H25.C7H5Cl.C5H5.Zr/c1-20(2,3)16-7-9-18-14(12-16)11-15-13-17(21(4,5)6)8-10-19(15)18;1-6-2-4-7(8)5-3-6;1-2-4-5-3-1;/h7-10,12H,11H2,1-6H3;1-5H;1-3H,4H2;/q-1;;-1;+2. The van der Waals surface area contributed by atoms with Crippen LogP contribution in [0.4, 0.5) is 0 Å². The molecule has 0 radical (unpaired) electrons. The molecule has 3 aromatic carbocycles. The number of halogens is 1. The van der Waals surface area contributed by atoms with Crippen LogP contribution in [0.3, 0.4) is 0 Å². The second-order valence-electron chi connectivity index (χ2n) is 11.0. The van der Waals surface area contributed by atoms with Crippen LogP contribution in [0.25, 0.3) is 11.1 Å². The normalized spacial score (nSPS) is 13.3. The van der Waals surface area contributed by atoms with Crippen LogP contribution < -0.4 is 0 Å². The Bertz CT molecular complexity index is 1140. The van der Waals surface area contributed by atoms with Crippen molar-refractivity contribution in [2.45, 2.75) is 65.2 Å². The van der Waals surface area contributed by atoms with Crippen molar-refractivity contribution >= 4 is 15.3 Å². The van der Waals surface area contributed by atoms with Crippen LogP contribution in [0.15, 0.2) is 72.8 Å². The summed E-state index contributed by atoms with van der Waals surface area (Å²) in [4.78, 5) is 0. The zero-order chi connectivity index (χ0) is 25.6. The Balaban J connectivity index is 0.000000199. The summed E-state index contributed by atoms with van der Waals surface area (Å²) >= 11 is 7.08. The third-order valence-corrected chi connectivity index (χ3v) is 7.16. The summed E-state index contributed by atoms with van der Waals surface area (Å²) in [5.41, 5.74) is 9.95. The quantitative estimate of drug-likeness (QED) is 0.205. The first-order valence-electron chi connectivity index (χ1n) is 12.2. The van der Waals surface area contributed by atoms with Crippen molar-refractivity contribution < 1.29 is 24.2 Å². The first-order chi connectivity index (χ1) is 16.5. The van der Waals surface area contributed by atoms with Gasteiger partial charge in [-0.3, -0.25) is 6.08 Å². The molecule has 2 heteroatoms. The van der Waals surface area contributed by atoms with Crippen LogP contribution in [0, 0.1) is 12.1 Å². The van der Waals surface area contributed by atoms with Crippen LogP contribution in [-0.2, 0) is 41.5 Å². The number of hydrogen-bond acceptors (Lipinski definition) is 0. The third-order valence-electron chi connectivity index (χ3n) is 6.09. The van der Waals surface area contributed by atoms with Crippen LogP contribution in [0.2, 0.25) is 5.02 Å². The molecule has 0 aliphatic heterocycles. The van der Waals surface area contributed by atoms with E-state index in [0.29, 0.717) is 0 Å². The minimum atomic E-state index is 0.167. The Morgan fingerprint density at radius 1 is 0.857 bits per heavy atom. The molecule has 0 bridgehead atoms. The topological polar surface area (TPSA) is 0 Å². The van der Waals surface area contributed by atoms with Gasteiger partial charge < -0.3 is 0 Å². The number of fused-ring (bicyclic) bond motifs is 3. The van der Waals surface area contributed by atoms with Crippen LogP contribution in [0.1, 0.15) is 75.8 Å². The molecule has 0 unspecified atom stereocenters. The van der Waals surface area contributed by atoms with E-state index in [9.17, 15) is 0 Å². The Kier molecular flexibility index (Phi) is 9.48. The third kappa shape index (κ3) is 7.83. The van der Waals surface area contributed by atoms with Crippen molar-refractivity contribution in [3.05, 3.63) is 118 Å². The maximum Gasteiger partial charge on any atom is -0.109 e. The Morgan fingerprint density at radius 3 is 2.06 bits per heavy atom. The average Bonchev–Trinajstić information content (AvgIpc) is 3.49. The second-order valence-corrected chi connectivity index (χ2v) is 12.2. The van der Waals surface area contributed by atoms with Gasteiger partial charge in [-0.2, -0.15) is 29.8 Å². The Labute approximate surface area is 232 Å². The molecular weight excluding hydrogens is 523 g/mol. The zero-order valence-electron chi connectivity index (χ0n) is 21.8. The van der Waals surface area contributed by atoms with Crippen molar-refractivity contribution in [2.75, 3.05) is 0 Å². The minimum absolute atomic E-state index is 0.167. The number of allylic oxidation sites excluding steroid dienone is 4. The second kappa shape index (κ2) is 11.9. The van der Waals surface area contributed by atoms with Crippen LogP contribution in [-0.4, -0.2) is 3.71 Å². The first kappa shape index (κ1) is 27.8. The van der Waals surface area contributed by atoms with E-state index in [-0.39, 0.29) is 10.8 Å². The molecule has 0 nitrogen and oxygen atoms in total. The molecule has 0 spiro atoms. The summed E-state index contributed by atoms with van der Waals surface area (Å²) in [7, 11) is 0. The maximum atomic E-state index is 5.66. The van der Waals surface area contributed by atoms with Gasteiger partial charge in [-0.15, -0.1) is 17.5 Å². The molecular formula is C33H35ClZr. The molecule has 0 heterocycles. The maximum absolute atomic E-state index is 5.66. The molecule has 178 valence electrons. The summed E-state index contributed by atoms with van der Waals surface area (Å²) in [6, 6.07) is 23.0. The predicted molar refractivity (Wildman–Crippen MR) is 149 cm³/mol. The van der Waals surface area contributed by atoms with Gasteiger partial charge in [0.25, 0.3) is 0 Å². The van der Waals surface area contributed by atoms with Gasteiger partial charge >= 0.3 is 74.4 Å². The number of benzene rings is 3. The molecule has 0 N–H and O–H groups in total. The van der Waals surface area contributed by atoms with Crippen LogP contribution >= 0.6 is 11.6 Å². The fourth-order valence-corrected chi connectivity index (χ4v) is 4.53. The molecule has 0 saturated heterocycles. The SMILES string of the molecule is CC(C)(C)c1[c-]c2c(cc1)-c1ccc(C(C)(C)C)cc1C2.Clc1ccc([CH]=[Zr+2])cc1.[C-]1=CC=CC1. The van der Waals surface area contributed by atoms with Gasteiger partial charge in [0.2, 0.25) is 0 Å². The van der Waals surface area contributed by atoms with Gasteiger partial charge in [-0.05, 0) is 28.4 Å². The summed E-state index contributed by atoms with van der Waals surface area (Å²) in [6.07, 6.45) is 11.0. The molecule has 5 rings (SSSR count). The van der Waals surface area contributed by atoms with E-state index in [2.05, 4.69) is 93.8 Å². The molecule has 3 aromatic rings. The Hall–Kier alpha value is -1.82. The van der Waals surface area contributed by atoms with E-state index < -0.39 is 0 Å². The average molecular weight is 558 g/mol. The molecule has 35 heavy (non-hydrogen) atoms.